The normalized spacial score (nSPS) is 14.2. The quantitative estimate of drug-likeness (QED) is 0.205. The van der Waals surface area contributed by atoms with E-state index in [4.69, 9.17) is 10.1 Å². The first-order valence-electron chi connectivity index (χ1n) is 13.4. The zero-order valence-electron chi connectivity index (χ0n) is 21.4. The molecule has 190 valence electrons. The molecule has 0 amide bonds. The van der Waals surface area contributed by atoms with Crippen LogP contribution in [0.25, 0.3) is 54.9 Å². The lowest BCUT2D eigenvalue weighted by atomic mass is 10.0. The van der Waals surface area contributed by atoms with Crippen molar-refractivity contribution in [2.75, 3.05) is 6.54 Å². The molecule has 3 N–H and O–H groups in total. The monoisotopic (exact) mass is 518 g/mol. The van der Waals surface area contributed by atoms with Gasteiger partial charge in [-0.25, -0.2) is 0 Å². The highest BCUT2D eigenvalue weighted by Crippen LogP contribution is 2.36. The van der Waals surface area contributed by atoms with E-state index in [0.717, 1.165) is 69.0 Å². The number of thiophene rings is 1. The van der Waals surface area contributed by atoms with Gasteiger partial charge in [0.25, 0.3) is 0 Å². The zero-order valence-corrected chi connectivity index (χ0v) is 22.2. The Balaban J connectivity index is 1.20. The zero-order chi connectivity index (χ0) is 25.5. The molecule has 5 aromatic heterocycles. The van der Waals surface area contributed by atoms with E-state index in [0.29, 0.717) is 0 Å². The van der Waals surface area contributed by atoms with E-state index in [1.165, 1.54) is 41.0 Å². The number of benzene rings is 1. The standard InChI is InChI=1S/C31H30N6S/c1-19-6-9-29(38-19)31-25-14-28(35-26(25)10-11-34-31)30-24-13-22(7-8-27(24)36-37-30)23-12-21(17-33-18-23)16-32-15-20-4-2-3-5-20/h6-14,17-18,20,32,35H,2-5,15-16H2,1H3,(H,36,37). The molecule has 1 fully saturated rings. The number of nitrogens with one attached hydrogen (secondary N) is 3. The molecule has 7 heteroatoms. The molecule has 0 atom stereocenters. The minimum Gasteiger partial charge on any atom is -0.353 e. The molecule has 7 rings (SSSR count). The van der Waals surface area contributed by atoms with Crippen LogP contribution in [0.2, 0.25) is 0 Å². The van der Waals surface area contributed by atoms with Gasteiger partial charge in [-0.1, -0.05) is 18.9 Å². The molecule has 0 saturated heterocycles. The first-order valence-corrected chi connectivity index (χ1v) is 14.2. The molecule has 1 aromatic carbocycles. The van der Waals surface area contributed by atoms with Crippen molar-refractivity contribution in [1.29, 1.82) is 0 Å². The first kappa shape index (κ1) is 23.3. The van der Waals surface area contributed by atoms with E-state index in [1.54, 1.807) is 11.3 Å². The van der Waals surface area contributed by atoms with Gasteiger partial charge in [-0.15, -0.1) is 11.3 Å². The number of pyridine rings is 2. The van der Waals surface area contributed by atoms with Crippen LogP contribution < -0.4 is 5.32 Å². The van der Waals surface area contributed by atoms with E-state index < -0.39 is 0 Å². The highest BCUT2D eigenvalue weighted by atomic mass is 32.1. The topological polar surface area (TPSA) is 82.3 Å². The third kappa shape index (κ3) is 4.42. The van der Waals surface area contributed by atoms with Gasteiger partial charge in [0.15, 0.2) is 0 Å². The second kappa shape index (κ2) is 9.82. The van der Waals surface area contributed by atoms with Crippen molar-refractivity contribution in [3.05, 3.63) is 77.6 Å². The summed E-state index contributed by atoms with van der Waals surface area (Å²) < 4.78 is 0. The molecule has 0 unspecified atom stereocenters. The summed E-state index contributed by atoms with van der Waals surface area (Å²) in [6, 6.07) is 17.2. The Morgan fingerprint density at radius 1 is 0.921 bits per heavy atom. The summed E-state index contributed by atoms with van der Waals surface area (Å²) in [5.74, 6) is 0.832. The molecule has 1 aliphatic carbocycles. The molecule has 1 aliphatic rings. The fraction of sp³-hybridized carbons (Fsp3) is 0.258. The van der Waals surface area contributed by atoms with Crippen molar-refractivity contribution < 1.29 is 0 Å². The minimum atomic E-state index is 0.832. The van der Waals surface area contributed by atoms with Crippen molar-refractivity contribution in [2.24, 2.45) is 5.92 Å². The predicted molar refractivity (Wildman–Crippen MR) is 156 cm³/mol. The molecule has 38 heavy (non-hydrogen) atoms. The van der Waals surface area contributed by atoms with Crippen LogP contribution in [-0.4, -0.2) is 31.7 Å². The molecule has 6 aromatic rings. The minimum absolute atomic E-state index is 0.832. The van der Waals surface area contributed by atoms with E-state index in [1.807, 2.05) is 24.7 Å². The Morgan fingerprint density at radius 2 is 1.82 bits per heavy atom. The summed E-state index contributed by atoms with van der Waals surface area (Å²) in [6.07, 6.45) is 11.3. The van der Waals surface area contributed by atoms with Gasteiger partial charge in [0, 0.05) is 51.9 Å². The van der Waals surface area contributed by atoms with Crippen LogP contribution in [0.3, 0.4) is 0 Å². The lowest BCUT2D eigenvalue weighted by Gasteiger charge is -2.11. The number of aryl methyl sites for hydroxylation is 1. The average molecular weight is 519 g/mol. The second-order valence-corrected chi connectivity index (χ2v) is 11.7. The molecule has 0 bridgehead atoms. The van der Waals surface area contributed by atoms with E-state index in [-0.39, 0.29) is 0 Å². The number of hydrogen-bond donors (Lipinski definition) is 3. The Morgan fingerprint density at radius 3 is 2.68 bits per heavy atom. The van der Waals surface area contributed by atoms with Gasteiger partial charge in [0.05, 0.1) is 21.8 Å². The Labute approximate surface area is 225 Å². The van der Waals surface area contributed by atoms with Crippen LogP contribution in [0, 0.1) is 12.8 Å². The molecule has 0 spiro atoms. The van der Waals surface area contributed by atoms with Crippen molar-refractivity contribution in [3.63, 3.8) is 0 Å². The third-order valence-electron chi connectivity index (χ3n) is 7.70. The van der Waals surface area contributed by atoms with Crippen LogP contribution in [0.4, 0.5) is 0 Å². The van der Waals surface area contributed by atoms with Gasteiger partial charge in [-0.05, 0) is 85.8 Å². The first-order chi connectivity index (χ1) is 18.7. The summed E-state index contributed by atoms with van der Waals surface area (Å²) in [5, 5.41) is 13.8. The maximum Gasteiger partial charge on any atom is 0.116 e. The summed E-state index contributed by atoms with van der Waals surface area (Å²) in [7, 11) is 0. The van der Waals surface area contributed by atoms with Crippen LogP contribution in [0.15, 0.2) is 67.1 Å². The Hall–Kier alpha value is -3.81. The smallest absolute Gasteiger partial charge is 0.116 e. The molecule has 5 heterocycles. The van der Waals surface area contributed by atoms with Crippen LogP contribution in [0.1, 0.15) is 36.1 Å². The summed E-state index contributed by atoms with van der Waals surface area (Å²) >= 11 is 1.77. The van der Waals surface area contributed by atoms with Gasteiger partial charge >= 0.3 is 0 Å². The van der Waals surface area contributed by atoms with Gasteiger partial charge in [-0.3, -0.25) is 15.1 Å². The van der Waals surface area contributed by atoms with Crippen molar-refractivity contribution in [3.8, 4) is 33.1 Å². The highest BCUT2D eigenvalue weighted by Gasteiger charge is 2.16. The maximum absolute atomic E-state index is 4.70. The number of rotatable bonds is 7. The number of aromatic amines is 2. The average Bonchev–Trinajstić information content (AvgIpc) is 3.74. The lowest BCUT2D eigenvalue weighted by molar-refractivity contribution is 0.489. The number of fused-ring (bicyclic) bond motifs is 2. The summed E-state index contributed by atoms with van der Waals surface area (Å²) in [5.41, 5.74) is 8.44. The number of aromatic nitrogens is 5. The van der Waals surface area contributed by atoms with Crippen molar-refractivity contribution >= 4 is 33.1 Å². The van der Waals surface area contributed by atoms with Gasteiger partial charge < -0.3 is 10.3 Å². The maximum atomic E-state index is 4.70. The molecular weight excluding hydrogens is 488 g/mol. The Bertz CT molecular complexity index is 1740. The third-order valence-corrected chi connectivity index (χ3v) is 8.71. The number of H-pyrrole nitrogens is 2. The molecular formula is C31H30N6S. The van der Waals surface area contributed by atoms with Gasteiger partial charge in [0.2, 0.25) is 0 Å². The van der Waals surface area contributed by atoms with Gasteiger partial charge in [0.1, 0.15) is 5.69 Å². The molecule has 1 saturated carbocycles. The molecule has 0 radical (unpaired) electrons. The fourth-order valence-corrected chi connectivity index (χ4v) is 6.59. The highest BCUT2D eigenvalue weighted by molar-refractivity contribution is 7.15. The molecule has 0 aliphatic heterocycles. The van der Waals surface area contributed by atoms with E-state index in [9.17, 15) is 0 Å². The van der Waals surface area contributed by atoms with Crippen molar-refractivity contribution in [2.45, 2.75) is 39.2 Å². The summed E-state index contributed by atoms with van der Waals surface area (Å²) in [4.78, 5) is 15.3. The SMILES string of the molecule is Cc1ccc(-c2nccc3[nH]c(-c4n[nH]c5ccc(-c6cncc(CNCC7CCCC7)c6)cc45)cc23)s1. The number of nitrogens with zero attached hydrogens (tertiary/aromatic N) is 3. The molecule has 6 nitrogen and oxygen atoms in total. The van der Waals surface area contributed by atoms with Gasteiger partial charge in [-0.2, -0.15) is 5.10 Å². The largest absolute Gasteiger partial charge is 0.353 e. The number of hydrogen-bond acceptors (Lipinski definition) is 5. The lowest BCUT2D eigenvalue weighted by Crippen LogP contribution is -2.20. The summed E-state index contributed by atoms with van der Waals surface area (Å²) in [6.45, 7) is 4.08. The van der Waals surface area contributed by atoms with Crippen LogP contribution in [0.5, 0.6) is 0 Å². The Kier molecular flexibility index (Phi) is 6.02. The van der Waals surface area contributed by atoms with E-state index >= 15 is 0 Å². The predicted octanol–water partition coefficient (Wildman–Crippen LogP) is 7.48. The van der Waals surface area contributed by atoms with Crippen molar-refractivity contribution in [1.82, 2.24) is 30.5 Å². The second-order valence-electron chi connectivity index (χ2n) is 10.4. The fourth-order valence-electron chi connectivity index (χ4n) is 5.72. The van der Waals surface area contributed by atoms with Crippen LogP contribution in [-0.2, 0) is 6.54 Å². The van der Waals surface area contributed by atoms with E-state index in [2.05, 4.69) is 69.8 Å². The van der Waals surface area contributed by atoms with Crippen LogP contribution >= 0.6 is 11.3 Å².